The van der Waals surface area contributed by atoms with Crippen molar-refractivity contribution >= 4 is 11.8 Å². The molecule has 0 bridgehead atoms. The van der Waals surface area contributed by atoms with Crippen LogP contribution in [-0.4, -0.2) is 18.4 Å². The molecule has 0 rings (SSSR count). The van der Waals surface area contributed by atoms with Crippen LogP contribution in [0.2, 0.25) is 0 Å². The third-order valence-corrected chi connectivity index (χ3v) is 1.35. The van der Waals surface area contributed by atoms with Gasteiger partial charge >= 0.3 is 6.03 Å². The molecule has 0 unspecified atom stereocenters. The van der Waals surface area contributed by atoms with Crippen LogP contribution < -0.4 is 10.6 Å². The maximum Gasteiger partial charge on any atom is 0.318 e. The van der Waals surface area contributed by atoms with Gasteiger partial charge in [0.25, 0.3) is 0 Å². The SMILES string of the molecule is C=CNC(=O)NCCC(=O)C(=C)C. The molecule has 0 spiro atoms. The van der Waals surface area contributed by atoms with E-state index in [0.29, 0.717) is 12.1 Å². The second kappa shape index (κ2) is 5.99. The average molecular weight is 182 g/mol. The van der Waals surface area contributed by atoms with Gasteiger partial charge < -0.3 is 10.6 Å². The standard InChI is InChI=1S/C9H14N2O2/c1-4-10-9(13)11-6-5-8(12)7(2)3/h4H,1-2,5-6H2,3H3,(H2,10,11,13). The maximum absolute atomic E-state index is 11.0. The minimum atomic E-state index is -0.357. The summed E-state index contributed by atoms with van der Waals surface area (Å²) in [6.07, 6.45) is 1.55. The lowest BCUT2D eigenvalue weighted by atomic mass is 10.2. The fourth-order valence-electron chi connectivity index (χ4n) is 0.647. The minimum absolute atomic E-state index is 0.0427. The molecule has 0 saturated carbocycles. The fraction of sp³-hybridized carbons (Fsp3) is 0.333. The highest BCUT2D eigenvalue weighted by molar-refractivity contribution is 5.94. The Morgan fingerprint density at radius 2 is 2.08 bits per heavy atom. The van der Waals surface area contributed by atoms with Crippen LogP contribution in [0, 0.1) is 0 Å². The Morgan fingerprint density at radius 3 is 2.54 bits per heavy atom. The Morgan fingerprint density at radius 1 is 1.46 bits per heavy atom. The molecule has 0 heterocycles. The largest absolute Gasteiger partial charge is 0.337 e. The van der Waals surface area contributed by atoms with E-state index in [1.54, 1.807) is 6.92 Å². The summed E-state index contributed by atoms with van der Waals surface area (Å²) in [4.78, 5) is 21.8. The lowest BCUT2D eigenvalue weighted by Crippen LogP contribution is -2.33. The monoisotopic (exact) mass is 182 g/mol. The Bertz CT molecular complexity index is 234. The van der Waals surface area contributed by atoms with E-state index < -0.39 is 0 Å². The van der Waals surface area contributed by atoms with Crippen molar-refractivity contribution in [3.05, 3.63) is 24.9 Å². The number of ketones is 1. The van der Waals surface area contributed by atoms with Crippen LogP contribution in [0.15, 0.2) is 24.9 Å². The number of hydrogen-bond donors (Lipinski definition) is 2. The first-order chi connectivity index (χ1) is 6.07. The van der Waals surface area contributed by atoms with Crippen LogP contribution in [0.3, 0.4) is 0 Å². The van der Waals surface area contributed by atoms with Gasteiger partial charge in [0, 0.05) is 13.0 Å². The van der Waals surface area contributed by atoms with E-state index in [1.165, 1.54) is 6.20 Å². The molecular weight excluding hydrogens is 168 g/mol. The van der Waals surface area contributed by atoms with Crippen LogP contribution >= 0.6 is 0 Å². The number of hydrogen-bond acceptors (Lipinski definition) is 2. The average Bonchev–Trinajstić information content (AvgIpc) is 2.04. The molecule has 0 aliphatic carbocycles. The fourth-order valence-corrected chi connectivity index (χ4v) is 0.647. The molecule has 0 aromatic carbocycles. The number of carbonyl (C=O) groups is 2. The van der Waals surface area contributed by atoms with Crippen molar-refractivity contribution in [2.24, 2.45) is 0 Å². The number of urea groups is 1. The highest BCUT2D eigenvalue weighted by atomic mass is 16.2. The molecule has 0 aromatic rings. The van der Waals surface area contributed by atoms with Gasteiger partial charge in [-0.3, -0.25) is 4.79 Å². The molecule has 0 saturated heterocycles. The Labute approximate surface area is 77.7 Å². The summed E-state index contributed by atoms with van der Waals surface area (Å²) in [5, 5.41) is 4.81. The Hall–Kier alpha value is -1.58. The molecule has 4 nitrogen and oxygen atoms in total. The zero-order chi connectivity index (χ0) is 10.3. The summed E-state index contributed by atoms with van der Waals surface area (Å²) < 4.78 is 0. The van der Waals surface area contributed by atoms with Crippen molar-refractivity contribution in [3.8, 4) is 0 Å². The topological polar surface area (TPSA) is 58.2 Å². The Balaban J connectivity index is 3.56. The van der Waals surface area contributed by atoms with E-state index in [0.717, 1.165) is 0 Å². The number of nitrogens with one attached hydrogen (secondary N) is 2. The third kappa shape index (κ3) is 5.66. The third-order valence-electron chi connectivity index (χ3n) is 1.35. The van der Waals surface area contributed by atoms with Gasteiger partial charge in [-0.25, -0.2) is 4.79 Å². The summed E-state index contributed by atoms with van der Waals surface area (Å²) in [6, 6.07) is -0.357. The zero-order valence-electron chi connectivity index (χ0n) is 7.72. The molecule has 72 valence electrons. The predicted octanol–water partition coefficient (Wildman–Crippen LogP) is 0.964. The first-order valence-corrected chi connectivity index (χ1v) is 3.92. The van der Waals surface area contributed by atoms with Crippen LogP contribution in [0.5, 0.6) is 0 Å². The summed E-state index contributed by atoms with van der Waals surface area (Å²) in [6.45, 7) is 8.77. The molecule has 0 aromatic heterocycles. The number of amides is 2. The van der Waals surface area contributed by atoms with E-state index >= 15 is 0 Å². The molecule has 0 radical (unpaired) electrons. The number of rotatable bonds is 5. The smallest absolute Gasteiger partial charge is 0.318 e. The van der Waals surface area contributed by atoms with Crippen LogP contribution in [0.4, 0.5) is 4.79 Å². The predicted molar refractivity (Wildman–Crippen MR) is 51.2 cm³/mol. The molecule has 2 N–H and O–H groups in total. The van der Waals surface area contributed by atoms with Crippen molar-refractivity contribution < 1.29 is 9.59 Å². The van der Waals surface area contributed by atoms with Crippen molar-refractivity contribution in [1.29, 1.82) is 0 Å². The Kier molecular flexibility index (Phi) is 5.27. The molecule has 2 amide bonds. The lowest BCUT2D eigenvalue weighted by molar-refractivity contribution is -0.115. The summed E-state index contributed by atoms with van der Waals surface area (Å²) in [5.41, 5.74) is 0.505. The highest BCUT2D eigenvalue weighted by Gasteiger charge is 2.02. The van der Waals surface area contributed by atoms with Gasteiger partial charge in [0.2, 0.25) is 0 Å². The number of allylic oxidation sites excluding steroid dienone is 1. The van der Waals surface area contributed by atoms with Gasteiger partial charge in [-0.1, -0.05) is 13.2 Å². The minimum Gasteiger partial charge on any atom is -0.337 e. The molecular formula is C9H14N2O2. The van der Waals surface area contributed by atoms with Crippen molar-refractivity contribution in [3.63, 3.8) is 0 Å². The summed E-state index contributed by atoms with van der Waals surface area (Å²) in [7, 11) is 0. The van der Waals surface area contributed by atoms with E-state index in [-0.39, 0.29) is 18.2 Å². The van der Waals surface area contributed by atoms with E-state index in [1.807, 2.05) is 0 Å². The van der Waals surface area contributed by atoms with Crippen LogP contribution in [-0.2, 0) is 4.79 Å². The first kappa shape index (κ1) is 11.4. The number of Topliss-reactive ketones (excluding diaryl/α,β-unsaturated/α-hetero) is 1. The van der Waals surface area contributed by atoms with E-state index in [2.05, 4.69) is 23.8 Å². The molecule has 0 fully saturated rings. The molecule has 13 heavy (non-hydrogen) atoms. The maximum atomic E-state index is 11.0. The second-order valence-electron chi connectivity index (χ2n) is 2.56. The van der Waals surface area contributed by atoms with Gasteiger partial charge in [-0.2, -0.15) is 0 Å². The van der Waals surface area contributed by atoms with Gasteiger partial charge in [-0.05, 0) is 18.7 Å². The normalized spacial score (nSPS) is 8.69. The summed E-state index contributed by atoms with van der Waals surface area (Å²) in [5.74, 6) is -0.0427. The first-order valence-electron chi connectivity index (χ1n) is 3.92. The molecule has 0 atom stereocenters. The van der Waals surface area contributed by atoms with Crippen LogP contribution in [0.1, 0.15) is 13.3 Å². The van der Waals surface area contributed by atoms with E-state index in [9.17, 15) is 9.59 Å². The van der Waals surface area contributed by atoms with Gasteiger partial charge in [0.15, 0.2) is 5.78 Å². The number of carbonyl (C=O) groups excluding carboxylic acids is 2. The van der Waals surface area contributed by atoms with Gasteiger partial charge in [-0.15, -0.1) is 0 Å². The van der Waals surface area contributed by atoms with Crippen molar-refractivity contribution in [2.45, 2.75) is 13.3 Å². The zero-order valence-corrected chi connectivity index (χ0v) is 7.72. The van der Waals surface area contributed by atoms with Gasteiger partial charge in [0.1, 0.15) is 0 Å². The quantitative estimate of drug-likeness (QED) is 0.622. The molecule has 4 heteroatoms. The van der Waals surface area contributed by atoms with E-state index in [4.69, 9.17) is 0 Å². The van der Waals surface area contributed by atoms with Crippen molar-refractivity contribution in [2.75, 3.05) is 6.54 Å². The lowest BCUT2D eigenvalue weighted by Gasteiger charge is -2.03. The highest BCUT2D eigenvalue weighted by Crippen LogP contribution is 1.93. The van der Waals surface area contributed by atoms with Crippen LogP contribution in [0.25, 0.3) is 0 Å². The summed E-state index contributed by atoms with van der Waals surface area (Å²) >= 11 is 0. The van der Waals surface area contributed by atoms with Crippen molar-refractivity contribution in [1.82, 2.24) is 10.6 Å². The molecule has 0 aliphatic rings. The molecule has 0 aliphatic heterocycles. The second-order valence-corrected chi connectivity index (χ2v) is 2.56. The van der Waals surface area contributed by atoms with Gasteiger partial charge in [0.05, 0.1) is 0 Å².